The van der Waals surface area contributed by atoms with Crippen molar-refractivity contribution in [2.24, 2.45) is 5.73 Å². The van der Waals surface area contributed by atoms with Crippen LogP contribution in [0.5, 0.6) is 0 Å². The highest BCUT2D eigenvalue weighted by Gasteiger charge is 2.20. The van der Waals surface area contributed by atoms with Crippen LogP contribution in [0.1, 0.15) is 56.2 Å². The number of nitrogens with two attached hydrogens (primary N) is 1. The minimum Gasteiger partial charge on any atom is -0.330 e. The molecule has 2 N–H and O–H groups in total. The molecule has 1 aliphatic rings. The van der Waals surface area contributed by atoms with Gasteiger partial charge in [0, 0.05) is 25.3 Å². The SMILES string of the molecule is Cc1cccnc1CN(CCCN)C1CCCCCC1. The monoisotopic (exact) mass is 275 g/mol. The van der Waals surface area contributed by atoms with Crippen LogP contribution in [-0.2, 0) is 6.54 Å². The fourth-order valence-corrected chi connectivity index (χ4v) is 3.18. The normalized spacial score (nSPS) is 17.4. The summed E-state index contributed by atoms with van der Waals surface area (Å²) in [5.41, 5.74) is 8.25. The molecule has 1 fully saturated rings. The van der Waals surface area contributed by atoms with Gasteiger partial charge in [0.25, 0.3) is 0 Å². The number of nitrogens with zero attached hydrogens (tertiary/aromatic N) is 2. The van der Waals surface area contributed by atoms with Gasteiger partial charge in [-0.25, -0.2) is 0 Å². The van der Waals surface area contributed by atoms with Gasteiger partial charge in [0.2, 0.25) is 0 Å². The Balaban J connectivity index is 2.04. The first kappa shape index (κ1) is 15.5. The highest BCUT2D eigenvalue weighted by molar-refractivity contribution is 5.17. The van der Waals surface area contributed by atoms with Crippen LogP contribution in [0.15, 0.2) is 18.3 Å². The number of aromatic nitrogens is 1. The summed E-state index contributed by atoms with van der Waals surface area (Å²) in [6, 6.07) is 4.91. The molecule has 0 bridgehead atoms. The van der Waals surface area contributed by atoms with Gasteiger partial charge in [-0.3, -0.25) is 9.88 Å². The first-order valence-electron chi connectivity index (χ1n) is 8.16. The van der Waals surface area contributed by atoms with Crippen LogP contribution in [0.2, 0.25) is 0 Å². The molecule has 3 nitrogen and oxygen atoms in total. The third kappa shape index (κ3) is 4.57. The number of pyridine rings is 1. The van der Waals surface area contributed by atoms with Crippen LogP contribution in [0.25, 0.3) is 0 Å². The van der Waals surface area contributed by atoms with Crippen LogP contribution in [0.4, 0.5) is 0 Å². The molecule has 2 rings (SSSR count). The van der Waals surface area contributed by atoms with Crippen LogP contribution in [0.3, 0.4) is 0 Å². The third-order valence-corrected chi connectivity index (χ3v) is 4.46. The zero-order valence-corrected chi connectivity index (χ0v) is 12.9. The average Bonchev–Trinajstić information content (AvgIpc) is 2.74. The molecule has 0 amide bonds. The largest absolute Gasteiger partial charge is 0.330 e. The lowest BCUT2D eigenvalue weighted by molar-refractivity contribution is 0.167. The molecular weight excluding hydrogens is 246 g/mol. The van der Waals surface area contributed by atoms with E-state index in [2.05, 4.69) is 22.9 Å². The van der Waals surface area contributed by atoms with Gasteiger partial charge in [-0.1, -0.05) is 31.7 Å². The summed E-state index contributed by atoms with van der Waals surface area (Å²) in [6.45, 7) is 5.04. The number of aryl methyl sites for hydroxylation is 1. The van der Waals surface area contributed by atoms with Gasteiger partial charge < -0.3 is 5.73 Å². The Morgan fingerprint density at radius 2 is 2.00 bits per heavy atom. The first-order chi connectivity index (χ1) is 9.81. The molecule has 0 unspecified atom stereocenters. The Bertz CT molecular complexity index is 384. The van der Waals surface area contributed by atoms with Crippen molar-refractivity contribution in [3.8, 4) is 0 Å². The van der Waals surface area contributed by atoms with Gasteiger partial charge in [0.15, 0.2) is 0 Å². The fourth-order valence-electron chi connectivity index (χ4n) is 3.18. The second kappa shape index (κ2) is 8.38. The summed E-state index contributed by atoms with van der Waals surface area (Å²) in [7, 11) is 0. The lowest BCUT2D eigenvalue weighted by Gasteiger charge is -2.31. The Labute approximate surface area is 123 Å². The molecule has 1 heterocycles. The quantitative estimate of drug-likeness (QED) is 0.810. The molecular formula is C17H29N3. The van der Waals surface area contributed by atoms with E-state index >= 15 is 0 Å². The van der Waals surface area contributed by atoms with Crippen molar-refractivity contribution < 1.29 is 0 Å². The molecule has 1 saturated carbocycles. The van der Waals surface area contributed by atoms with E-state index in [9.17, 15) is 0 Å². The van der Waals surface area contributed by atoms with Gasteiger partial charge in [0.1, 0.15) is 0 Å². The summed E-state index contributed by atoms with van der Waals surface area (Å²) in [5, 5.41) is 0. The molecule has 0 atom stereocenters. The van der Waals surface area contributed by atoms with Crippen LogP contribution < -0.4 is 5.73 Å². The van der Waals surface area contributed by atoms with Crippen molar-refractivity contribution in [1.29, 1.82) is 0 Å². The van der Waals surface area contributed by atoms with E-state index in [1.165, 1.54) is 49.8 Å². The van der Waals surface area contributed by atoms with Gasteiger partial charge in [-0.05, 0) is 44.4 Å². The molecule has 0 radical (unpaired) electrons. The van der Waals surface area contributed by atoms with Crippen LogP contribution >= 0.6 is 0 Å². The summed E-state index contributed by atoms with van der Waals surface area (Å²) in [5.74, 6) is 0. The van der Waals surface area contributed by atoms with E-state index in [-0.39, 0.29) is 0 Å². The van der Waals surface area contributed by atoms with Gasteiger partial charge in [-0.15, -0.1) is 0 Å². The molecule has 0 aromatic carbocycles. The second-order valence-corrected chi connectivity index (χ2v) is 6.03. The molecule has 3 heteroatoms. The minimum absolute atomic E-state index is 0.727. The standard InChI is InChI=1S/C17H29N3/c1-15-8-6-12-19-17(15)14-20(13-7-11-18)16-9-4-2-3-5-10-16/h6,8,12,16H,2-5,7,9-11,13-14,18H2,1H3. The number of hydrogen-bond acceptors (Lipinski definition) is 3. The van der Waals surface area contributed by atoms with E-state index in [0.717, 1.165) is 32.1 Å². The second-order valence-electron chi connectivity index (χ2n) is 6.03. The van der Waals surface area contributed by atoms with Crippen molar-refractivity contribution in [3.05, 3.63) is 29.6 Å². The Kier molecular flexibility index (Phi) is 6.48. The van der Waals surface area contributed by atoms with E-state index in [0.29, 0.717) is 0 Å². The Morgan fingerprint density at radius 3 is 2.65 bits per heavy atom. The summed E-state index contributed by atoms with van der Waals surface area (Å²) in [6.07, 6.45) is 11.3. The predicted molar refractivity (Wildman–Crippen MR) is 84.5 cm³/mol. The predicted octanol–water partition coefficient (Wildman–Crippen LogP) is 3.26. The first-order valence-corrected chi connectivity index (χ1v) is 8.16. The summed E-state index contributed by atoms with van der Waals surface area (Å²) in [4.78, 5) is 7.20. The fraction of sp³-hybridized carbons (Fsp3) is 0.706. The van der Waals surface area contributed by atoms with E-state index in [1.54, 1.807) is 0 Å². The Morgan fingerprint density at radius 1 is 1.25 bits per heavy atom. The lowest BCUT2D eigenvalue weighted by atomic mass is 10.1. The zero-order chi connectivity index (χ0) is 14.2. The summed E-state index contributed by atoms with van der Waals surface area (Å²) >= 11 is 0. The smallest absolute Gasteiger partial charge is 0.0573 e. The van der Waals surface area contributed by atoms with E-state index < -0.39 is 0 Å². The maximum atomic E-state index is 5.72. The molecule has 0 saturated heterocycles. The van der Waals surface area contributed by atoms with Gasteiger partial charge >= 0.3 is 0 Å². The zero-order valence-electron chi connectivity index (χ0n) is 12.9. The van der Waals surface area contributed by atoms with E-state index in [4.69, 9.17) is 5.73 Å². The summed E-state index contributed by atoms with van der Waals surface area (Å²) < 4.78 is 0. The topological polar surface area (TPSA) is 42.2 Å². The molecule has 0 spiro atoms. The molecule has 20 heavy (non-hydrogen) atoms. The molecule has 1 aliphatic carbocycles. The maximum absolute atomic E-state index is 5.72. The van der Waals surface area contributed by atoms with E-state index in [1.807, 2.05) is 12.3 Å². The maximum Gasteiger partial charge on any atom is 0.0573 e. The highest BCUT2D eigenvalue weighted by Crippen LogP contribution is 2.23. The molecule has 1 aromatic rings. The van der Waals surface area contributed by atoms with Crippen LogP contribution in [0, 0.1) is 6.92 Å². The molecule has 0 aliphatic heterocycles. The van der Waals surface area contributed by atoms with Crippen molar-refractivity contribution in [2.45, 2.75) is 64.5 Å². The molecule has 1 aromatic heterocycles. The van der Waals surface area contributed by atoms with Gasteiger partial charge in [-0.2, -0.15) is 0 Å². The van der Waals surface area contributed by atoms with Crippen molar-refractivity contribution in [1.82, 2.24) is 9.88 Å². The minimum atomic E-state index is 0.727. The third-order valence-electron chi connectivity index (χ3n) is 4.46. The highest BCUT2D eigenvalue weighted by atomic mass is 15.2. The number of rotatable bonds is 6. The van der Waals surface area contributed by atoms with Crippen molar-refractivity contribution in [3.63, 3.8) is 0 Å². The van der Waals surface area contributed by atoms with Crippen molar-refractivity contribution in [2.75, 3.05) is 13.1 Å². The Hall–Kier alpha value is -0.930. The average molecular weight is 275 g/mol. The lowest BCUT2D eigenvalue weighted by Crippen LogP contribution is -2.36. The van der Waals surface area contributed by atoms with Crippen molar-refractivity contribution >= 4 is 0 Å². The molecule has 112 valence electrons. The number of hydrogen-bond donors (Lipinski definition) is 1. The van der Waals surface area contributed by atoms with Gasteiger partial charge in [0.05, 0.1) is 5.69 Å². The van der Waals surface area contributed by atoms with Crippen LogP contribution in [-0.4, -0.2) is 29.0 Å².